The predicted molar refractivity (Wildman–Crippen MR) is 114 cm³/mol. The molecule has 7 heteroatoms. The Morgan fingerprint density at radius 3 is 1.00 bits per heavy atom. The molecule has 4 nitrogen and oxygen atoms in total. The van der Waals surface area contributed by atoms with Crippen LogP contribution in [0.1, 0.15) is 0 Å². The molecule has 156 valence electrons. The van der Waals surface area contributed by atoms with Crippen molar-refractivity contribution in [3.8, 4) is 0 Å². The summed E-state index contributed by atoms with van der Waals surface area (Å²) in [4.78, 5) is 1.06. The van der Waals surface area contributed by atoms with E-state index >= 15 is 0 Å². The molecule has 0 fully saturated rings. The zero-order valence-corrected chi connectivity index (χ0v) is 20.0. The molecule has 0 aliphatic rings. The van der Waals surface area contributed by atoms with Gasteiger partial charge in [-0.15, -0.1) is 0 Å². The van der Waals surface area contributed by atoms with Gasteiger partial charge in [-0.3, -0.25) is 0 Å². The summed E-state index contributed by atoms with van der Waals surface area (Å²) in [5.74, 6) is 0. The first kappa shape index (κ1) is 21.7. The minimum absolute atomic E-state index is 0.260. The van der Waals surface area contributed by atoms with Gasteiger partial charge >= 0.3 is 21.2 Å². The van der Waals surface area contributed by atoms with Gasteiger partial charge in [-0.2, -0.15) is 0 Å². The summed E-state index contributed by atoms with van der Waals surface area (Å²) in [7, 11) is -7.06. The quantitative estimate of drug-likeness (QED) is 0.335. The van der Waals surface area contributed by atoms with Crippen LogP contribution < -0.4 is 21.2 Å². The number of hydrogen-bond donors (Lipinski definition) is 0. The molecule has 0 atom stereocenters. The molecule has 0 aliphatic carbocycles. The molecule has 0 aliphatic heterocycles. The number of halogens is 1. The van der Waals surface area contributed by atoms with E-state index in [4.69, 9.17) is 0 Å². The van der Waals surface area contributed by atoms with E-state index in [1.807, 2.05) is 24.3 Å². The Labute approximate surface area is 192 Å². The topological polar surface area (TPSA) is 68.3 Å². The first-order valence-electron chi connectivity index (χ1n) is 9.33. The Morgan fingerprint density at radius 2 is 0.677 bits per heavy atom. The van der Waals surface area contributed by atoms with Crippen LogP contribution in [0.25, 0.3) is 0 Å². The molecular formula is C24H18IO4S2+. The molecule has 0 amide bonds. The van der Waals surface area contributed by atoms with Crippen LogP contribution >= 0.6 is 0 Å². The van der Waals surface area contributed by atoms with Crippen LogP contribution in [0.3, 0.4) is 0 Å². The summed E-state index contributed by atoms with van der Waals surface area (Å²) < 4.78 is 52.9. The zero-order chi connectivity index (χ0) is 21.9. The molecule has 31 heavy (non-hydrogen) atoms. The van der Waals surface area contributed by atoms with Gasteiger partial charge in [0.15, 0.2) is 7.14 Å². The lowest BCUT2D eigenvalue weighted by atomic mass is 10.4. The van der Waals surface area contributed by atoms with Gasteiger partial charge in [0.25, 0.3) is 0 Å². The fraction of sp³-hybridized carbons (Fsp3) is 0. The smallest absolute Gasteiger partial charge is 0.219 e. The lowest BCUT2D eigenvalue weighted by Crippen LogP contribution is -3.61. The summed E-state index contributed by atoms with van der Waals surface area (Å²) in [6.07, 6.45) is 0. The maximum atomic E-state index is 12.7. The van der Waals surface area contributed by atoms with Crippen molar-refractivity contribution < 1.29 is 38.0 Å². The zero-order valence-electron chi connectivity index (χ0n) is 16.2. The molecular weight excluding hydrogens is 543 g/mol. The standard InChI is InChI=1S/C24H18IO4S2/c26-30(27,21-7-3-1-4-8-21)23-15-11-19(12-16-23)25-20-13-17-24(18-14-20)31(28,29)22-9-5-2-6-10-22/h1-18H/q+1. The molecule has 0 aromatic heterocycles. The molecule has 0 heterocycles. The number of benzene rings is 4. The number of hydrogen-bond acceptors (Lipinski definition) is 4. The van der Waals surface area contributed by atoms with Crippen molar-refractivity contribution in [2.24, 2.45) is 0 Å². The first-order valence-corrected chi connectivity index (χ1v) is 14.4. The fourth-order valence-electron chi connectivity index (χ4n) is 2.95. The van der Waals surface area contributed by atoms with Crippen molar-refractivity contribution in [2.75, 3.05) is 0 Å². The first-order chi connectivity index (χ1) is 14.9. The van der Waals surface area contributed by atoms with E-state index in [1.165, 1.54) is 0 Å². The van der Waals surface area contributed by atoms with E-state index in [0.29, 0.717) is 0 Å². The predicted octanol–water partition coefficient (Wildman–Crippen LogP) is 1.48. The normalized spacial score (nSPS) is 11.9. The molecule has 0 unspecified atom stereocenters. The van der Waals surface area contributed by atoms with Crippen molar-refractivity contribution >= 4 is 19.7 Å². The van der Waals surface area contributed by atoms with E-state index in [2.05, 4.69) is 0 Å². The molecule has 0 saturated carbocycles. The Morgan fingerprint density at radius 1 is 0.387 bits per heavy atom. The third kappa shape index (κ3) is 4.73. The van der Waals surface area contributed by atoms with Crippen LogP contribution in [0.4, 0.5) is 0 Å². The highest BCUT2D eigenvalue weighted by Crippen LogP contribution is 2.20. The van der Waals surface area contributed by atoms with Crippen molar-refractivity contribution in [3.05, 3.63) is 116 Å². The third-order valence-electron chi connectivity index (χ3n) is 4.57. The summed E-state index contributed by atoms with van der Waals surface area (Å²) in [5, 5.41) is 0. The Balaban J connectivity index is 1.52. The lowest BCUT2D eigenvalue weighted by molar-refractivity contribution is -0.597. The highest BCUT2D eigenvalue weighted by atomic mass is 127. The molecule has 4 aromatic rings. The maximum absolute atomic E-state index is 12.7. The van der Waals surface area contributed by atoms with Gasteiger partial charge in [-0.1, -0.05) is 36.4 Å². The van der Waals surface area contributed by atoms with E-state index in [0.717, 1.165) is 7.14 Å². The van der Waals surface area contributed by atoms with Crippen molar-refractivity contribution in [3.63, 3.8) is 0 Å². The van der Waals surface area contributed by atoms with E-state index in [1.54, 1.807) is 84.9 Å². The van der Waals surface area contributed by atoms with Gasteiger partial charge in [0.2, 0.25) is 19.7 Å². The monoisotopic (exact) mass is 561 g/mol. The second-order valence-corrected chi connectivity index (χ2v) is 13.6. The molecule has 0 spiro atoms. The highest BCUT2D eigenvalue weighted by Gasteiger charge is 2.22. The molecule has 0 N–H and O–H groups in total. The van der Waals surface area contributed by atoms with Gasteiger partial charge < -0.3 is 0 Å². The van der Waals surface area contributed by atoms with Crippen LogP contribution in [-0.2, 0) is 19.7 Å². The number of sulfone groups is 2. The summed E-state index contributed by atoms with van der Waals surface area (Å²) in [6.45, 7) is 0. The Kier molecular flexibility index (Phi) is 6.27. The van der Waals surface area contributed by atoms with Crippen molar-refractivity contribution in [1.82, 2.24) is 0 Å². The van der Waals surface area contributed by atoms with Crippen molar-refractivity contribution in [2.45, 2.75) is 19.6 Å². The molecule has 4 aromatic carbocycles. The van der Waals surface area contributed by atoms with Crippen LogP contribution in [0.15, 0.2) is 129 Å². The molecule has 0 bridgehead atoms. The number of rotatable bonds is 6. The lowest BCUT2D eigenvalue weighted by Gasteiger charge is -2.04. The average Bonchev–Trinajstić information content (AvgIpc) is 2.81. The minimum atomic E-state index is -3.53. The largest absolute Gasteiger partial charge is 0.357 e. The highest BCUT2D eigenvalue weighted by molar-refractivity contribution is 7.91. The Bertz CT molecular complexity index is 1270. The van der Waals surface area contributed by atoms with Gasteiger partial charge in [-0.25, -0.2) is 16.8 Å². The molecule has 0 radical (unpaired) electrons. The SMILES string of the molecule is O=S(=O)(c1ccccc1)c1ccc([I+]c2ccc(S(=O)(=O)c3ccccc3)cc2)cc1. The average molecular weight is 561 g/mol. The summed E-state index contributed by atoms with van der Waals surface area (Å²) in [5.41, 5.74) is 0. The van der Waals surface area contributed by atoms with Gasteiger partial charge in [0, 0.05) is 0 Å². The maximum Gasteiger partial charge on any atom is 0.357 e. The van der Waals surface area contributed by atoms with E-state index in [-0.39, 0.29) is 19.6 Å². The molecule has 4 rings (SSSR count). The van der Waals surface area contributed by atoms with Crippen molar-refractivity contribution in [1.29, 1.82) is 0 Å². The van der Waals surface area contributed by atoms with E-state index < -0.39 is 40.9 Å². The second kappa shape index (κ2) is 8.94. The van der Waals surface area contributed by atoms with Gasteiger partial charge in [0.1, 0.15) is 0 Å². The van der Waals surface area contributed by atoms with E-state index in [9.17, 15) is 16.8 Å². The van der Waals surface area contributed by atoms with Gasteiger partial charge in [0.05, 0.1) is 19.6 Å². The Hall–Kier alpha value is -2.49. The van der Waals surface area contributed by atoms with Crippen LogP contribution in [0.5, 0.6) is 0 Å². The van der Waals surface area contributed by atoms with Crippen LogP contribution in [0, 0.1) is 7.14 Å². The fourth-order valence-corrected chi connectivity index (χ4v) is 7.67. The van der Waals surface area contributed by atoms with Gasteiger partial charge in [-0.05, 0) is 72.8 Å². The minimum Gasteiger partial charge on any atom is -0.219 e. The summed E-state index contributed by atoms with van der Waals surface area (Å²) in [6, 6.07) is 30.6. The summed E-state index contributed by atoms with van der Waals surface area (Å²) >= 11 is -0.570. The third-order valence-corrected chi connectivity index (χ3v) is 10.8. The second-order valence-electron chi connectivity index (χ2n) is 6.64. The molecule has 0 saturated heterocycles. The van der Waals surface area contributed by atoms with Crippen LogP contribution in [0.2, 0.25) is 0 Å². The van der Waals surface area contributed by atoms with Crippen LogP contribution in [-0.4, -0.2) is 16.8 Å².